The van der Waals surface area contributed by atoms with Gasteiger partial charge in [0.15, 0.2) is 6.61 Å². The van der Waals surface area contributed by atoms with E-state index >= 15 is 0 Å². The summed E-state index contributed by atoms with van der Waals surface area (Å²) in [4.78, 5) is 24.5. The average Bonchev–Trinajstić information content (AvgIpc) is 2.80. The molecule has 0 heterocycles. The molecule has 0 atom stereocenters. The van der Waals surface area contributed by atoms with E-state index in [4.69, 9.17) is 14.2 Å². The molecule has 0 unspecified atom stereocenters. The van der Waals surface area contributed by atoms with Crippen LogP contribution in [0.4, 0.5) is 0 Å². The first-order chi connectivity index (χ1) is 15.6. The van der Waals surface area contributed by atoms with Crippen molar-refractivity contribution in [1.29, 1.82) is 0 Å². The zero-order chi connectivity index (χ0) is 22.0. The number of ether oxygens (including phenoxy) is 3. The maximum atomic E-state index is 12.3. The van der Waals surface area contributed by atoms with E-state index in [0.717, 1.165) is 23.3 Å². The van der Waals surface area contributed by atoms with Gasteiger partial charge in [-0.25, -0.2) is 9.59 Å². The smallest absolute Gasteiger partial charge is 0.344 e. The minimum Gasteiger partial charge on any atom is -0.482 e. The van der Waals surface area contributed by atoms with Crippen molar-refractivity contribution in [2.24, 2.45) is 23.2 Å². The highest BCUT2D eigenvalue weighted by Gasteiger charge is 2.51. The third kappa shape index (κ3) is 4.82. The van der Waals surface area contributed by atoms with Crippen LogP contribution >= 0.6 is 0 Å². The summed E-state index contributed by atoms with van der Waals surface area (Å²) in [5.41, 5.74) is 1.59. The van der Waals surface area contributed by atoms with Crippen molar-refractivity contribution >= 4 is 11.9 Å². The van der Waals surface area contributed by atoms with E-state index in [1.54, 1.807) is 24.3 Å². The quantitative estimate of drug-likeness (QED) is 0.536. The first kappa shape index (κ1) is 21.0. The van der Waals surface area contributed by atoms with Crippen LogP contribution in [0.25, 0.3) is 0 Å². The lowest BCUT2D eigenvalue weighted by molar-refractivity contribution is -0.157. The summed E-state index contributed by atoms with van der Waals surface area (Å²) in [5.74, 6) is 2.33. The van der Waals surface area contributed by atoms with Crippen LogP contribution in [-0.2, 0) is 20.9 Å². The molecule has 5 nitrogen and oxygen atoms in total. The van der Waals surface area contributed by atoms with Gasteiger partial charge < -0.3 is 14.2 Å². The lowest BCUT2D eigenvalue weighted by Crippen LogP contribution is -2.48. The van der Waals surface area contributed by atoms with Crippen LogP contribution in [0.5, 0.6) is 5.75 Å². The first-order valence-corrected chi connectivity index (χ1v) is 11.7. The highest BCUT2D eigenvalue weighted by molar-refractivity contribution is 5.89. The number of benzene rings is 2. The summed E-state index contributed by atoms with van der Waals surface area (Å²) in [6.45, 7) is 0.641. The Bertz CT molecular complexity index is 914. The van der Waals surface area contributed by atoms with E-state index in [9.17, 15) is 9.59 Å². The zero-order valence-electron chi connectivity index (χ0n) is 18.3. The first-order valence-electron chi connectivity index (χ1n) is 11.7. The van der Waals surface area contributed by atoms with Crippen LogP contribution in [0.3, 0.4) is 0 Å². The van der Waals surface area contributed by atoms with Gasteiger partial charge in [-0.05, 0) is 86.1 Å². The van der Waals surface area contributed by atoms with Crippen molar-refractivity contribution in [2.45, 2.75) is 45.1 Å². The van der Waals surface area contributed by atoms with Crippen LogP contribution in [0.15, 0.2) is 54.6 Å². The third-order valence-electron chi connectivity index (χ3n) is 7.36. The van der Waals surface area contributed by atoms with E-state index in [2.05, 4.69) is 0 Å². The highest BCUT2D eigenvalue weighted by atomic mass is 16.6. The van der Waals surface area contributed by atoms with E-state index in [0.29, 0.717) is 17.9 Å². The molecule has 0 N–H and O–H groups in total. The van der Waals surface area contributed by atoms with Crippen molar-refractivity contribution in [3.05, 3.63) is 65.7 Å². The third-order valence-corrected chi connectivity index (χ3v) is 7.36. The molecule has 0 amide bonds. The topological polar surface area (TPSA) is 61.8 Å². The molecule has 4 saturated carbocycles. The summed E-state index contributed by atoms with van der Waals surface area (Å²) in [7, 11) is 0. The SMILES string of the molecule is O=C(COc1ccc(C(=O)OCc2ccccc2)cc1)OCC12CC3CC(CC(C3)C1)C2. The minimum atomic E-state index is -0.393. The summed E-state index contributed by atoms with van der Waals surface area (Å²) in [5, 5.41) is 0. The van der Waals surface area contributed by atoms with Crippen LogP contribution in [0.2, 0.25) is 0 Å². The van der Waals surface area contributed by atoms with E-state index in [1.807, 2.05) is 30.3 Å². The predicted molar refractivity (Wildman–Crippen MR) is 119 cm³/mol. The normalized spacial score (nSPS) is 27.7. The van der Waals surface area contributed by atoms with Gasteiger partial charge in [-0.1, -0.05) is 30.3 Å². The predicted octanol–water partition coefficient (Wildman–Crippen LogP) is 5.18. The molecule has 4 fully saturated rings. The molecule has 5 heteroatoms. The summed E-state index contributed by atoms with van der Waals surface area (Å²) in [6, 6.07) is 16.2. The van der Waals surface area contributed by atoms with Gasteiger partial charge in [0.1, 0.15) is 12.4 Å². The van der Waals surface area contributed by atoms with Crippen molar-refractivity contribution < 1.29 is 23.8 Å². The van der Waals surface area contributed by atoms with Crippen molar-refractivity contribution in [3.8, 4) is 5.75 Å². The zero-order valence-corrected chi connectivity index (χ0v) is 18.3. The number of hydrogen-bond donors (Lipinski definition) is 0. The highest BCUT2D eigenvalue weighted by Crippen LogP contribution is 2.60. The van der Waals surface area contributed by atoms with E-state index < -0.39 is 5.97 Å². The maximum absolute atomic E-state index is 12.3. The van der Waals surface area contributed by atoms with Crippen molar-refractivity contribution in [3.63, 3.8) is 0 Å². The Labute approximate surface area is 189 Å². The Morgan fingerprint density at radius 1 is 0.812 bits per heavy atom. The monoisotopic (exact) mass is 434 g/mol. The fourth-order valence-corrected chi connectivity index (χ4v) is 6.38. The van der Waals surface area contributed by atoms with Gasteiger partial charge in [0, 0.05) is 5.41 Å². The molecule has 4 bridgehead atoms. The lowest BCUT2D eigenvalue weighted by atomic mass is 9.50. The number of hydrogen-bond acceptors (Lipinski definition) is 5. The van der Waals surface area contributed by atoms with Crippen LogP contribution in [-0.4, -0.2) is 25.2 Å². The van der Waals surface area contributed by atoms with Gasteiger partial charge in [-0.3, -0.25) is 0 Å². The van der Waals surface area contributed by atoms with E-state index in [1.165, 1.54) is 38.5 Å². The molecule has 6 rings (SSSR count). The number of carbonyl (C=O) groups is 2. The number of rotatable bonds is 8. The molecule has 0 spiro atoms. The van der Waals surface area contributed by atoms with Crippen LogP contribution in [0.1, 0.15) is 54.4 Å². The molecule has 168 valence electrons. The number of carbonyl (C=O) groups excluding carboxylic acids is 2. The molecular weight excluding hydrogens is 404 g/mol. The fraction of sp³-hybridized carbons (Fsp3) is 0.481. The Hall–Kier alpha value is -2.82. The summed E-state index contributed by atoms with van der Waals surface area (Å²) in [6.07, 6.45) is 7.79. The molecule has 0 aromatic heterocycles. The Morgan fingerprint density at radius 2 is 1.44 bits per heavy atom. The second-order valence-electron chi connectivity index (χ2n) is 9.95. The number of esters is 2. The van der Waals surface area contributed by atoms with Crippen molar-refractivity contribution in [2.75, 3.05) is 13.2 Å². The van der Waals surface area contributed by atoms with Crippen LogP contribution in [0, 0.1) is 23.2 Å². The Kier molecular flexibility index (Phi) is 5.90. The van der Waals surface area contributed by atoms with Crippen LogP contribution < -0.4 is 4.74 Å². The molecule has 2 aromatic rings. The second kappa shape index (κ2) is 8.97. The molecule has 2 aromatic carbocycles. The molecule has 4 aliphatic carbocycles. The molecule has 32 heavy (non-hydrogen) atoms. The summed E-state index contributed by atoms with van der Waals surface area (Å²) >= 11 is 0. The van der Waals surface area contributed by atoms with Gasteiger partial charge >= 0.3 is 11.9 Å². The second-order valence-corrected chi connectivity index (χ2v) is 9.95. The Balaban J connectivity index is 1.06. The van der Waals surface area contributed by atoms with Crippen molar-refractivity contribution in [1.82, 2.24) is 0 Å². The fourth-order valence-electron chi connectivity index (χ4n) is 6.38. The largest absolute Gasteiger partial charge is 0.482 e. The van der Waals surface area contributed by atoms with Gasteiger partial charge in [0.05, 0.1) is 12.2 Å². The minimum absolute atomic E-state index is 0.121. The van der Waals surface area contributed by atoms with Gasteiger partial charge in [-0.2, -0.15) is 0 Å². The molecule has 0 saturated heterocycles. The van der Waals surface area contributed by atoms with Gasteiger partial charge in [0.2, 0.25) is 0 Å². The average molecular weight is 435 g/mol. The van der Waals surface area contributed by atoms with E-state index in [-0.39, 0.29) is 24.6 Å². The van der Waals surface area contributed by atoms with Gasteiger partial charge in [0.25, 0.3) is 0 Å². The van der Waals surface area contributed by atoms with Gasteiger partial charge in [-0.15, -0.1) is 0 Å². The molecular formula is C27H30O5. The molecule has 0 radical (unpaired) electrons. The lowest BCUT2D eigenvalue weighted by Gasteiger charge is -2.56. The summed E-state index contributed by atoms with van der Waals surface area (Å²) < 4.78 is 16.6. The molecule has 4 aliphatic rings. The Morgan fingerprint density at radius 3 is 2.06 bits per heavy atom. The standard InChI is InChI=1S/C27H30O5/c28-25(32-18-27-13-20-10-21(14-27)12-22(11-20)15-27)17-30-24-8-6-23(7-9-24)26(29)31-16-19-4-2-1-3-5-19/h1-9,20-22H,10-18H2. The maximum Gasteiger partial charge on any atom is 0.344 e. The molecule has 0 aliphatic heterocycles.